The average Bonchev–Trinajstić information content (AvgIpc) is 3.05. The van der Waals surface area contributed by atoms with Crippen molar-refractivity contribution >= 4 is 17.4 Å². The van der Waals surface area contributed by atoms with Crippen LogP contribution in [0.15, 0.2) is 78.4 Å². The predicted octanol–water partition coefficient (Wildman–Crippen LogP) is 5.77. The second-order valence-electron chi connectivity index (χ2n) is 8.00. The zero-order valence-corrected chi connectivity index (χ0v) is 17.9. The van der Waals surface area contributed by atoms with Crippen molar-refractivity contribution in [1.29, 1.82) is 0 Å². The van der Waals surface area contributed by atoms with E-state index in [0.29, 0.717) is 5.56 Å². The standard InChI is InChI=1S/C26H19F4NO3/c1-15-12-18(10-11-20(15)27)23(32)21-22(17-7-3-2-4-8-17)31(25(34)24(21)33)14-16-6-5-9-19(13-16)26(28,29)30/h2-13,22,32H,14H2,1H3/b23-21+. The summed E-state index contributed by atoms with van der Waals surface area (Å²) >= 11 is 0. The lowest BCUT2D eigenvalue weighted by atomic mass is 9.94. The first-order chi connectivity index (χ1) is 16.1. The highest BCUT2D eigenvalue weighted by Gasteiger charge is 2.46. The van der Waals surface area contributed by atoms with E-state index in [0.717, 1.165) is 23.1 Å². The Kier molecular flexibility index (Phi) is 6.00. The first-order valence-corrected chi connectivity index (χ1v) is 10.3. The summed E-state index contributed by atoms with van der Waals surface area (Å²) in [6, 6.07) is 15.6. The van der Waals surface area contributed by atoms with E-state index < -0.39 is 41.0 Å². The fourth-order valence-electron chi connectivity index (χ4n) is 4.02. The lowest BCUT2D eigenvalue weighted by molar-refractivity contribution is -0.140. The van der Waals surface area contributed by atoms with Crippen LogP contribution in [0.5, 0.6) is 0 Å². The third-order valence-corrected chi connectivity index (χ3v) is 5.69. The van der Waals surface area contributed by atoms with Gasteiger partial charge in [-0.15, -0.1) is 0 Å². The van der Waals surface area contributed by atoms with Crippen molar-refractivity contribution in [1.82, 2.24) is 4.90 Å². The van der Waals surface area contributed by atoms with Crippen molar-refractivity contribution in [2.45, 2.75) is 25.7 Å². The summed E-state index contributed by atoms with van der Waals surface area (Å²) in [6.07, 6.45) is -4.57. The highest BCUT2D eigenvalue weighted by Crippen LogP contribution is 2.40. The van der Waals surface area contributed by atoms with Crippen LogP contribution in [0.25, 0.3) is 5.76 Å². The Bertz CT molecular complexity index is 1300. The van der Waals surface area contributed by atoms with Crippen molar-refractivity contribution in [2.75, 3.05) is 0 Å². The molecule has 0 bridgehead atoms. The molecule has 1 unspecified atom stereocenters. The second kappa shape index (κ2) is 8.78. The normalized spacial score (nSPS) is 17.9. The molecule has 0 aromatic heterocycles. The summed E-state index contributed by atoms with van der Waals surface area (Å²) in [4.78, 5) is 27.1. The zero-order valence-electron chi connectivity index (χ0n) is 17.9. The lowest BCUT2D eigenvalue weighted by Gasteiger charge is -2.25. The molecule has 1 heterocycles. The van der Waals surface area contributed by atoms with Crippen LogP contribution in [0.4, 0.5) is 17.6 Å². The SMILES string of the molecule is Cc1cc(/C(O)=C2\C(=O)C(=O)N(Cc3cccc(C(F)(F)F)c3)C2c2ccccc2)ccc1F. The highest BCUT2D eigenvalue weighted by atomic mass is 19.4. The maximum Gasteiger partial charge on any atom is 0.416 e. The van der Waals surface area contributed by atoms with Gasteiger partial charge in [-0.3, -0.25) is 9.59 Å². The Morgan fingerprint density at radius 3 is 2.32 bits per heavy atom. The molecule has 4 nitrogen and oxygen atoms in total. The zero-order chi connectivity index (χ0) is 24.6. The van der Waals surface area contributed by atoms with Crippen molar-refractivity contribution in [3.63, 3.8) is 0 Å². The van der Waals surface area contributed by atoms with Crippen LogP contribution in [0.2, 0.25) is 0 Å². The van der Waals surface area contributed by atoms with Gasteiger partial charge in [0.1, 0.15) is 11.6 Å². The van der Waals surface area contributed by atoms with Crippen LogP contribution >= 0.6 is 0 Å². The van der Waals surface area contributed by atoms with E-state index >= 15 is 0 Å². The molecule has 1 N–H and O–H groups in total. The second-order valence-corrected chi connectivity index (χ2v) is 8.00. The number of rotatable bonds is 4. The molecule has 1 aliphatic heterocycles. The maximum absolute atomic E-state index is 13.7. The number of hydrogen-bond donors (Lipinski definition) is 1. The minimum atomic E-state index is -4.57. The molecule has 8 heteroatoms. The van der Waals surface area contributed by atoms with Gasteiger partial charge in [-0.1, -0.05) is 42.5 Å². The number of nitrogens with zero attached hydrogens (tertiary/aromatic N) is 1. The minimum absolute atomic E-state index is 0.150. The predicted molar refractivity (Wildman–Crippen MR) is 117 cm³/mol. The number of aliphatic hydroxyl groups is 1. The molecule has 3 aromatic carbocycles. The minimum Gasteiger partial charge on any atom is -0.507 e. The molecule has 34 heavy (non-hydrogen) atoms. The number of aliphatic hydroxyl groups excluding tert-OH is 1. The number of Topliss-reactive ketones (excluding diaryl/α,β-unsaturated/α-hetero) is 1. The molecule has 174 valence electrons. The van der Waals surface area contributed by atoms with Gasteiger partial charge in [0.25, 0.3) is 11.7 Å². The fraction of sp³-hybridized carbons (Fsp3) is 0.154. The van der Waals surface area contributed by atoms with Crippen LogP contribution in [0, 0.1) is 12.7 Å². The molecule has 0 spiro atoms. The molecule has 1 amide bonds. The molecule has 4 rings (SSSR count). The summed E-state index contributed by atoms with van der Waals surface area (Å²) in [5, 5.41) is 11.0. The van der Waals surface area contributed by atoms with Crippen LogP contribution in [0.1, 0.15) is 33.9 Å². The molecule has 3 aromatic rings. The van der Waals surface area contributed by atoms with E-state index in [4.69, 9.17) is 0 Å². The molecule has 1 fully saturated rings. The number of alkyl halides is 3. The smallest absolute Gasteiger partial charge is 0.416 e. The van der Waals surface area contributed by atoms with Crippen molar-refractivity contribution in [2.24, 2.45) is 0 Å². The van der Waals surface area contributed by atoms with E-state index in [2.05, 4.69) is 0 Å². The van der Waals surface area contributed by atoms with Gasteiger partial charge in [-0.2, -0.15) is 13.2 Å². The molecule has 0 radical (unpaired) electrons. The Hall–Kier alpha value is -3.94. The lowest BCUT2D eigenvalue weighted by Crippen LogP contribution is -2.29. The van der Waals surface area contributed by atoms with Crippen LogP contribution in [-0.4, -0.2) is 21.7 Å². The van der Waals surface area contributed by atoms with E-state index in [1.165, 1.54) is 31.2 Å². The molecule has 1 saturated heterocycles. The summed E-state index contributed by atoms with van der Waals surface area (Å²) < 4.78 is 53.3. The van der Waals surface area contributed by atoms with Gasteiger partial charge in [0.2, 0.25) is 0 Å². The van der Waals surface area contributed by atoms with E-state index in [1.54, 1.807) is 30.3 Å². The molecule has 0 saturated carbocycles. The first-order valence-electron chi connectivity index (χ1n) is 10.3. The average molecular weight is 469 g/mol. The van der Waals surface area contributed by atoms with Gasteiger partial charge >= 0.3 is 6.18 Å². The van der Waals surface area contributed by atoms with Gasteiger partial charge in [-0.05, 0) is 53.9 Å². The van der Waals surface area contributed by atoms with Crippen molar-refractivity contribution in [3.05, 3.63) is 112 Å². The number of carbonyl (C=O) groups is 2. The van der Waals surface area contributed by atoms with Gasteiger partial charge in [0, 0.05) is 12.1 Å². The number of aryl methyl sites for hydroxylation is 1. The Labute approximate surface area is 192 Å². The monoisotopic (exact) mass is 469 g/mol. The summed E-state index contributed by atoms with van der Waals surface area (Å²) in [6.45, 7) is 1.21. The third-order valence-electron chi connectivity index (χ3n) is 5.69. The van der Waals surface area contributed by atoms with Crippen LogP contribution < -0.4 is 0 Å². The number of amides is 1. The molecule has 0 aliphatic carbocycles. The molecule has 1 aliphatic rings. The number of carbonyl (C=O) groups excluding carboxylic acids is 2. The van der Waals surface area contributed by atoms with Crippen LogP contribution in [-0.2, 0) is 22.3 Å². The summed E-state index contributed by atoms with van der Waals surface area (Å²) in [7, 11) is 0. The molecular weight excluding hydrogens is 450 g/mol. The van der Waals surface area contributed by atoms with Gasteiger partial charge in [-0.25, -0.2) is 4.39 Å². The van der Waals surface area contributed by atoms with Gasteiger partial charge in [0.15, 0.2) is 0 Å². The van der Waals surface area contributed by atoms with Crippen molar-refractivity contribution < 1.29 is 32.3 Å². The highest BCUT2D eigenvalue weighted by molar-refractivity contribution is 6.46. The van der Waals surface area contributed by atoms with Crippen molar-refractivity contribution in [3.8, 4) is 0 Å². The summed E-state index contributed by atoms with van der Waals surface area (Å²) in [5.74, 6) is -2.91. The number of hydrogen-bond acceptors (Lipinski definition) is 3. The van der Waals surface area contributed by atoms with E-state index in [9.17, 15) is 32.3 Å². The molecule has 1 atom stereocenters. The quantitative estimate of drug-likeness (QED) is 0.228. The largest absolute Gasteiger partial charge is 0.507 e. The third kappa shape index (κ3) is 4.31. The Morgan fingerprint density at radius 1 is 0.971 bits per heavy atom. The van der Waals surface area contributed by atoms with E-state index in [1.807, 2.05) is 0 Å². The van der Waals surface area contributed by atoms with E-state index in [-0.39, 0.29) is 28.8 Å². The Morgan fingerprint density at radius 2 is 1.68 bits per heavy atom. The van der Waals surface area contributed by atoms with Gasteiger partial charge < -0.3 is 10.0 Å². The van der Waals surface area contributed by atoms with Crippen LogP contribution in [0.3, 0.4) is 0 Å². The fourth-order valence-corrected chi connectivity index (χ4v) is 4.02. The topological polar surface area (TPSA) is 57.6 Å². The number of halogens is 4. The van der Waals surface area contributed by atoms with Gasteiger partial charge in [0.05, 0.1) is 17.2 Å². The Balaban J connectivity index is 1.83. The first kappa shape index (κ1) is 23.2. The molecular formula is C26H19F4NO3. The number of ketones is 1. The maximum atomic E-state index is 13.7. The number of benzene rings is 3. The summed E-state index contributed by atoms with van der Waals surface area (Å²) in [5.41, 5.74) is -0.0337. The number of likely N-dealkylation sites (tertiary alicyclic amines) is 1.